The van der Waals surface area contributed by atoms with E-state index in [4.69, 9.17) is 4.74 Å². The Morgan fingerprint density at radius 3 is 2.94 bits per heavy atom. The summed E-state index contributed by atoms with van der Waals surface area (Å²) < 4.78 is 5.47. The molecule has 0 aromatic heterocycles. The molecule has 0 radical (unpaired) electrons. The quantitative estimate of drug-likeness (QED) is 0.741. The fourth-order valence-corrected chi connectivity index (χ4v) is 2.45. The molecule has 2 N–H and O–H groups in total. The van der Waals surface area contributed by atoms with Crippen molar-refractivity contribution in [3.8, 4) is 0 Å². The molecule has 0 aromatic rings. The Hall–Kier alpha value is -0.610. The molecule has 2 rings (SSSR count). The zero-order valence-corrected chi connectivity index (χ0v) is 10.00. The molecule has 1 aliphatic heterocycles. The van der Waals surface area contributed by atoms with Crippen molar-refractivity contribution >= 4 is 5.91 Å². The molecule has 2 aliphatic rings. The third-order valence-corrected chi connectivity index (χ3v) is 3.51. The zero-order valence-electron chi connectivity index (χ0n) is 10.00. The van der Waals surface area contributed by atoms with Crippen molar-refractivity contribution in [2.45, 2.75) is 44.8 Å². The van der Waals surface area contributed by atoms with E-state index in [1.807, 2.05) is 6.92 Å². The first-order chi connectivity index (χ1) is 7.79. The maximum absolute atomic E-state index is 11.9. The van der Waals surface area contributed by atoms with Gasteiger partial charge in [0, 0.05) is 19.2 Å². The van der Waals surface area contributed by atoms with Gasteiger partial charge in [-0.05, 0) is 39.2 Å². The lowest BCUT2D eigenvalue weighted by atomic mass is 9.88. The van der Waals surface area contributed by atoms with E-state index >= 15 is 0 Å². The van der Waals surface area contributed by atoms with E-state index in [0.29, 0.717) is 12.1 Å². The summed E-state index contributed by atoms with van der Waals surface area (Å²) in [5.74, 6) is 0.409. The van der Waals surface area contributed by atoms with Gasteiger partial charge in [-0.1, -0.05) is 0 Å². The van der Waals surface area contributed by atoms with E-state index in [1.165, 1.54) is 0 Å². The third-order valence-electron chi connectivity index (χ3n) is 3.51. The van der Waals surface area contributed by atoms with Crippen molar-refractivity contribution in [1.82, 2.24) is 10.6 Å². The number of rotatable bonds is 4. The van der Waals surface area contributed by atoms with Gasteiger partial charge in [0.05, 0.1) is 12.0 Å². The summed E-state index contributed by atoms with van der Waals surface area (Å²) in [7, 11) is 0. The number of hydrogen-bond acceptors (Lipinski definition) is 3. The highest BCUT2D eigenvalue weighted by Gasteiger charge is 2.32. The summed E-state index contributed by atoms with van der Waals surface area (Å²) in [4.78, 5) is 11.9. The average Bonchev–Trinajstić information content (AvgIpc) is 2.27. The summed E-state index contributed by atoms with van der Waals surface area (Å²) in [6, 6.07) is 0.353. The Balaban J connectivity index is 1.64. The van der Waals surface area contributed by atoms with Crippen LogP contribution in [-0.2, 0) is 9.53 Å². The maximum Gasteiger partial charge on any atom is 0.224 e. The highest BCUT2D eigenvalue weighted by Crippen LogP contribution is 2.24. The molecule has 92 valence electrons. The van der Waals surface area contributed by atoms with Crippen LogP contribution < -0.4 is 10.6 Å². The van der Waals surface area contributed by atoms with Gasteiger partial charge in [-0.2, -0.15) is 0 Å². The zero-order chi connectivity index (χ0) is 11.4. The number of piperidine rings is 1. The Morgan fingerprint density at radius 1 is 1.50 bits per heavy atom. The molecule has 1 amide bonds. The number of nitrogens with one attached hydrogen (secondary N) is 2. The van der Waals surface area contributed by atoms with Crippen molar-refractivity contribution in [2.75, 3.05) is 19.7 Å². The van der Waals surface area contributed by atoms with Gasteiger partial charge >= 0.3 is 0 Å². The molecule has 4 heteroatoms. The van der Waals surface area contributed by atoms with E-state index in [1.54, 1.807) is 0 Å². The minimum Gasteiger partial charge on any atom is -0.378 e. The molecular formula is C12H22N2O2. The molecule has 1 aliphatic carbocycles. The third kappa shape index (κ3) is 2.95. The van der Waals surface area contributed by atoms with E-state index in [9.17, 15) is 4.79 Å². The lowest BCUT2D eigenvalue weighted by Gasteiger charge is -2.36. The second kappa shape index (κ2) is 5.64. The molecule has 1 unspecified atom stereocenters. The van der Waals surface area contributed by atoms with Gasteiger partial charge in [-0.25, -0.2) is 0 Å². The molecule has 1 saturated carbocycles. The Kier molecular flexibility index (Phi) is 4.18. The molecule has 4 nitrogen and oxygen atoms in total. The molecule has 1 heterocycles. The van der Waals surface area contributed by atoms with Crippen LogP contribution in [0.4, 0.5) is 0 Å². The largest absolute Gasteiger partial charge is 0.378 e. The van der Waals surface area contributed by atoms with Crippen molar-refractivity contribution in [2.24, 2.45) is 5.92 Å². The molecular weight excluding hydrogens is 204 g/mol. The van der Waals surface area contributed by atoms with Gasteiger partial charge in [-0.15, -0.1) is 0 Å². The highest BCUT2D eigenvalue weighted by molar-refractivity contribution is 5.79. The van der Waals surface area contributed by atoms with Crippen LogP contribution in [0.15, 0.2) is 0 Å². The minimum atomic E-state index is 0.180. The fourth-order valence-electron chi connectivity index (χ4n) is 2.45. The van der Waals surface area contributed by atoms with Crippen LogP contribution >= 0.6 is 0 Å². The molecule has 2 fully saturated rings. The topological polar surface area (TPSA) is 50.4 Å². The predicted molar refractivity (Wildman–Crippen MR) is 62.2 cm³/mol. The lowest BCUT2D eigenvalue weighted by molar-refractivity contribution is -0.128. The van der Waals surface area contributed by atoms with Crippen LogP contribution in [0.1, 0.15) is 32.6 Å². The van der Waals surface area contributed by atoms with Gasteiger partial charge in [0.2, 0.25) is 5.91 Å². The van der Waals surface area contributed by atoms with Gasteiger partial charge in [-0.3, -0.25) is 4.79 Å². The van der Waals surface area contributed by atoms with E-state index in [-0.39, 0.29) is 11.8 Å². The van der Waals surface area contributed by atoms with Crippen LogP contribution in [0, 0.1) is 5.92 Å². The van der Waals surface area contributed by atoms with E-state index < -0.39 is 0 Å². The summed E-state index contributed by atoms with van der Waals surface area (Å²) in [6.07, 6.45) is 4.49. The van der Waals surface area contributed by atoms with Crippen LogP contribution in [0.2, 0.25) is 0 Å². The van der Waals surface area contributed by atoms with Crippen molar-refractivity contribution in [3.63, 3.8) is 0 Å². The van der Waals surface area contributed by atoms with Crippen LogP contribution in [0.5, 0.6) is 0 Å². The average molecular weight is 226 g/mol. The second-order valence-electron chi connectivity index (χ2n) is 4.80. The minimum absolute atomic E-state index is 0.180. The molecule has 0 bridgehead atoms. The first-order valence-electron chi connectivity index (χ1n) is 6.42. The van der Waals surface area contributed by atoms with E-state index in [2.05, 4.69) is 10.6 Å². The molecule has 16 heavy (non-hydrogen) atoms. The van der Waals surface area contributed by atoms with Gasteiger partial charge in [0.15, 0.2) is 0 Å². The highest BCUT2D eigenvalue weighted by atomic mass is 16.5. The normalized spacial score (nSPS) is 34.2. The summed E-state index contributed by atoms with van der Waals surface area (Å²) in [5.41, 5.74) is 0. The van der Waals surface area contributed by atoms with Crippen LogP contribution in [-0.4, -0.2) is 37.7 Å². The molecule has 1 atom stereocenters. The number of ether oxygens (including phenoxy) is 1. The molecule has 0 spiro atoms. The Morgan fingerprint density at radius 2 is 2.31 bits per heavy atom. The standard InChI is InChI=1S/C12H22N2O2/c1-2-16-11-6-10(7-11)14-12(15)9-4-3-5-13-8-9/h9-11,13H,2-8H2,1H3,(H,14,15). The summed E-state index contributed by atoms with van der Waals surface area (Å²) in [6.45, 7) is 4.69. The van der Waals surface area contributed by atoms with Crippen molar-refractivity contribution in [1.29, 1.82) is 0 Å². The van der Waals surface area contributed by atoms with Crippen LogP contribution in [0.3, 0.4) is 0 Å². The monoisotopic (exact) mass is 226 g/mol. The predicted octanol–water partition coefficient (Wildman–Crippen LogP) is 0.670. The molecule has 0 aromatic carbocycles. The first kappa shape index (κ1) is 11.9. The smallest absolute Gasteiger partial charge is 0.224 e. The van der Waals surface area contributed by atoms with Crippen molar-refractivity contribution in [3.05, 3.63) is 0 Å². The second-order valence-corrected chi connectivity index (χ2v) is 4.80. The SMILES string of the molecule is CCOC1CC(NC(=O)C2CCCNC2)C1. The first-order valence-corrected chi connectivity index (χ1v) is 6.42. The Bertz CT molecular complexity index is 233. The lowest BCUT2D eigenvalue weighted by Crippen LogP contribution is -2.51. The van der Waals surface area contributed by atoms with E-state index in [0.717, 1.165) is 45.4 Å². The van der Waals surface area contributed by atoms with Gasteiger partial charge < -0.3 is 15.4 Å². The number of hydrogen-bond donors (Lipinski definition) is 2. The van der Waals surface area contributed by atoms with Gasteiger partial charge in [0.25, 0.3) is 0 Å². The fraction of sp³-hybridized carbons (Fsp3) is 0.917. The number of carbonyl (C=O) groups is 1. The number of carbonyl (C=O) groups excluding carboxylic acids is 1. The molecule has 1 saturated heterocycles. The maximum atomic E-state index is 11.9. The van der Waals surface area contributed by atoms with Crippen molar-refractivity contribution < 1.29 is 9.53 Å². The van der Waals surface area contributed by atoms with Gasteiger partial charge in [0.1, 0.15) is 0 Å². The Labute approximate surface area is 97.1 Å². The summed E-state index contributed by atoms with van der Waals surface area (Å²) >= 11 is 0. The summed E-state index contributed by atoms with van der Waals surface area (Å²) in [5, 5.41) is 6.38. The van der Waals surface area contributed by atoms with Crippen LogP contribution in [0.25, 0.3) is 0 Å². The number of amides is 1.